The summed E-state index contributed by atoms with van der Waals surface area (Å²) in [5.41, 5.74) is -1.25. The Morgan fingerprint density at radius 3 is 2.11 bits per heavy atom. The Morgan fingerprint density at radius 1 is 1.16 bits per heavy atom. The molecule has 1 aliphatic rings. The molecule has 0 spiro atoms. The molecule has 19 heavy (non-hydrogen) atoms. The smallest absolute Gasteiger partial charge is 0.411 e. The van der Waals surface area contributed by atoms with Crippen molar-refractivity contribution in [1.29, 1.82) is 0 Å². The number of nitrogens with zero attached hydrogens (tertiary/aromatic N) is 1. The highest BCUT2D eigenvalue weighted by molar-refractivity contribution is 5.91. The molecule has 0 aromatic carbocycles. The molecule has 0 saturated carbocycles. The summed E-state index contributed by atoms with van der Waals surface area (Å²) in [6.07, 6.45) is -1.71. The topological polar surface area (TPSA) is 46.6 Å². The first-order valence-electron chi connectivity index (χ1n) is 6.60. The van der Waals surface area contributed by atoms with Gasteiger partial charge in [0, 0.05) is 11.8 Å². The van der Waals surface area contributed by atoms with E-state index in [2.05, 4.69) is 0 Å². The number of Topliss-reactive ketones (excluding diaryl/α,β-unsaturated/α-hetero) is 1. The SMILES string of the molecule is CC(C)(C)OC(=O)N1C[C@@H](F)C[C@H]1C(=O)C(C)(C)C. The molecule has 0 aromatic rings. The zero-order valence-corrected chi connectivity index (χ0v) is 12.6. The number of carbonyl (C=O) groups is 2. The maximum absolute atomic E-state index is 13.6. The third kappa shape index (κ3) is 4.18. The summed E-state index contributed by atoms with van der Waals surface area (Å²) in [7, 11) is 0. The normalized spacial score (nSPS) is 24.5. The van der Waals surface area contributed by atoms with Gasteiger partial charge in [-0.15, -0.1) is 0 Å². The molecule has 0 radical (unpaired) electrons. The van der Waals surface area contributed by atoms with E-state index in [0.29, 0.717) is 0 Å². The minimum Gasteiger partial charge on any atom is -0.444 e. The zero-order chi connectivity index (χ0) is 15.0. The van der Waals surface area contributed by atoms with Gasteiger partial charge in [-0.1, -0.05) is 20.8 Å². The van der Waals surface area contributed by atoms with E-state index in [-0.39, 0.29) is 18.7 Å². The Kier molecular flexibility index (Phi) is 4.27. The van der Waals surface area contributed by atoms with Gasteiger partial charge in [0.25, 0.3) is 0 Å². The Morgan fingerprint density at radius 2 is 1.68 bits per heavy atom. The summed E-state index contributed by atoms with van der Waals surface area (Å²) in [5, 5.41) is 0. The van der Waals surface area contributed by atoms with Crippen molar-refractivity contribution in [3.8, 4) is 0 Å². The second-order valence-electron chi connectivity index (χ2n) is 7.10. The van der Waals surface area contributed by atoms with E-state index in [1.807, 2.05) is 0 Å². The standard InChI is InChI=1S/C14H24FNO3/c1-13(2,3)11(17)10-7-9(15)8-16(10)12(18)19-14(4,5)6/h9-10H,7-8H2,1-6H3/t9-,10-/m0/s1. The number of hydrogen-bond donors (Lipinski definition) is 0. The molecule has 0 unspecified atom stereocenters. The lowest BCUT2D eigenvalue weighted by Crippen LogP contribution is -2.46. The summed E-state index contributed by atoms with van der Waals surface area (Å²) in [5.74, 6) is -0.126. The molecule has 1 fully saturated rings. The Balaban J connectivity index is 2.86. The minimum atomic E-state index is -1.16. The minimum absolute atomic E-state index is 0.0648. The van der Waals surface area contributed by atoms with Crippen LogP contribution in [0, 0.1) is 5.41 Å². The van der Waals surface area contributed by atoms with Crippen molar-refractivity contribution in [1.82, 2.24) is 4.90 Å². The van der Waals surface area contributed by atoms with Crippen LogP contribution in [0.5, 0.6) is 0 Å². The van der Waals surface area contributed by atoms with Gasteiger partial charge in [0.15, 0.2) is 5.78 Å². The number of ketones is 1. The van der Waals surface area contributed by atoms with Crippen LogP contribution in [0.2, 0.25) is 0 Å². The zero-order valence-electron chi connectivity index (χ0n) is 12.6. The van der Waals surface area contributed by atoms with Crippen LogP contribution in [-0.2, 0) is 9.53 Å². The van der Waals surface area contributed by atoms with Crippen molar-refractivity contribution in [3.63, 3.8) is 0 Å². The van der Waals surface area contributed by atoms with Crippen LogP contribution in [0.1, 0.15) is 48.0 Å². The molecule has 0 N–H and O–H groups in total. The lowest BCUT2D eigenvalue weighted by molar-refractivity contribution is -0.130. The van der Waals surface area contributed by atoms with Crippen molar-refractivity contribution in [3.05, 3.63) is 0 Å². The van der Waals surface area contributed by atoms with E-state index >= 15 is 0 Å². The molecule has 0 aromatic heterocycles. The monoisotopic (exact) mass is 273 g/mol. The van der Waals surface area contributed by atoms with Crippen LogP contribution in [0.15, 0.2) is 0 Å². The number of amides is 1. The van der Waals surface area contributed by atoms with Gasteiger partial charge in [-0.2, -0.15) is 0 Å². The third-order valence-electron chi connectivity index (χ3n) is 2.92. The van der Waals surface area contributed by atoms with Gasteiger partial charge < -0.3 is 4.74 Å². The highest BCUT2D eigenvalue weighted by Gasteiger charge is 2.44. The molecule has 1 saturated heterocycles. The number of carbonyl (C=O) groups excluding carboxylic acids is 2. The van der Waals surface area contributed by atoms with Gasteiger partial charge in [-0.3, -0.25) is 9.69 Å². The van der Waals surface area contributed by atoms with Crippen LogP contribution in [0.25, 0.3) is 0 Å². The average Bonchev–Trinajstić information content (AvgIpc) is 2.55. The van der Waals surface area contributed by atoms with E-state index in [1.54, 1.807) is 41.5 Å². The van der Waals surface area contributed by atoms with Gasteiger partial charge >= 0.3 is 6.09 Å². The largest absolute Gasteiger partial charge is 0.444 e. The fourth-order valence-corrected chi connectivity index (χ4v) is 2.06. The van der Waals surface area contributed by atoms with Crippen molar-refractivity contribution in [2.24, 2.45) is 5.41 Å². The van der Waals surface area contributed by atoms with Crippen molar-refractivity contribution >= 4 is 11.9 Å². The summed E-state index contributed by atoms with van der Waals surface area (Å²) in [6, 6.07) is -0.718. The Bertz CT molecular complexity index is 368. The lowest BCUT2D eigenvalue weighted by atomic mass is 9.85. The highest BCUT2D eigenvalue weighted by atomic mass is 19.1. The Hall–Kier alpha value is -1.13. The molecule has 4 nitrogen and oxygen atoms in total. The number of rotatable bonds is 1. The van der Waals surface area contributed by atoms with Crippen LogP contribution >= 0.6 is 0 Å². The van der Waals surface area contributed by atoms with Gasteiger partial charge in [0.05, 0.1) is 12.6 Å². The molecule has 5 heteroatoms. The third-order valence-corrected chi connectivity index (χ3v) is 2.92. The maximum atomic E-state index is 13.6. The second-order valence-corrected chi connectivity index (χ2v) is 7.10. The summed E-state index contributed by atoms with van der Waals surface area (Å²) in [4.78, 5) is 25.5. The van der Waals surface area contributed by atoms with E-state index in [0.717, 1.165) is 0 Å². The second kappa shape index (κ2) is 5.10. The lowest BCUT2D eigenvalue weighted by Gasteiger charge is -2.30. The van der Waals surface area contributed by atoms with Crippen LogP contribution in [0.4, 0.5) is 9.18 Å². The van der Waals surface area contributed by atoms with E-state index in [4.69, 9.17) is 4.74 Å². The fraction of sp³-hybridized carbons (Fsp3) is 0.857. The molecule has 0 aliphatic carbocycles. The van der Waals surface area contributed by atoms with Gasteiger partial charge in [-0.25, -0.2) is 9.18 Å². The fourth-order valence-electron chi connectivity index (χ4n) is 2.06. The van der Waals surface area contributed by atoms with Crippen LogP contribution < -0.4 is 0 Å². The Labute approximate surface area is 114 Å². The number of likely N-dealkylation sites (tertiary alicyclic amines) is 1. The molecule has 1 heterocycles. The van der Waals surface area contributed by atoms with Crippen molar-refractivity contribution in [2.45, 2.75) is 65.8 Å². The molecule has 1 amide bonds. The molecule has 2 atom stereocenters. The molecular formula is C14H24FNO3. The number of ether oxygens (including phenoxy) is 1. The molecule has 1 rings (SSSR count). The van der Waals surface area contributed by atoms with Gasteiger partial charge in [-0.05, 0) is 20.8 Å². The average molecular weight is 273 g/mol. The summed E-state index contributed by atoms with van der Waals surface area (Å²) >= 11 is 0. The number of halogens is 1. The van der Waals surface area contributed by atoms with E-state index in [1.165, 1.54) is 4.90 Å². The van der Waals surface area contributed by atoms with Crippen molar-refractivity contribution < 1.29 is 18.7 Å². The first kappa shape index (κ1) is 15.9. The predicted molar refractivity (Wildman–Crippen MR) is 70.7 cm³/mol. The van der Waals surface area contributed by atoms with Crippen LogP contribution in [-0.4, -0.2) is 41.1 Å². The summed E-state index contributed by atoms with van der Waals surface area (Å²) in [6.45, 7) is 10.5. The highest BCUT2D eigenvalue weighted by Crippen LogP contribution is 2.29. The van der Waals surface area contributed by atoms with E-state index in [9.17, 15) is 14.0 Å². The molecule has 1 aliphatic heterocycles. The molecular weight excluding hydrogens is 249 g/mol. The van der Waals surface area contributed by atoms with Gasteiger partial charge in [0.2, 0.25) is 0 Å². The quantitative estimate of drug-likeness (QED) is 0.738. The first-order valence-corrected chi connectivity index (χ1v) is 6.60. The van der Waals surface area contributed by atoms with Gasteiger partial charge in [0.1, 0.15) is 11.8 Å². The molecule has 110 valence electrons. The van der Waals surface area contributed by atoms with Crippen LogP contribution in [0.3, 0.4) is 0 Å². The number of hydrogen-bond acceptors (Lipinski definition) is 3. The number of alkyl halides is 1. The molecule has 0 bridgehead atoms. The predicted octanol–water partition coefficient (Wildman–Crippen LogP) is 2.95. The maximum Gasteiger partial charge on any atom is 0.411 e. The first-order chi connectivity index (χ1) is 8.42. The van der Waals surface area contributed by atoms with Crippen molar-refractivity contribution in [2.75, 3.05) is 6.54 Å². The van der Waals surface area contributed by atoms with E-state index < -0.39 is 29.3 Å². The summed E-state index contributed by atoms with van der Waals surface area (Å²) < 4.78 is 18.8.